The average Bonchev–Trinajstić information content (AvgIpc) is 2.94. The maximum atomic E-state index is 4.37. The number of hydrogen-bond donors (Lipinski definition) is 1. The SMILES string of the molecule is CN=C(NCCSc1ccc(C)cc1)N(C)Cc1cccn1C.I. The van der Waals surface area contributed by atoms with Crippen molar-refractivity contribution in [2.24, 2.45) is 12.0 Å². The molecule has 24 heavy (non-hydrogen) atoms. The van der Waals surface area contributed by atoms with Crippen LogP contribution < -0.4 is 5.32 Å². The van der Waals surface area contributed by atoms with Gasteiger partial charge in [0.1, 0.15) is 0 Å². The highest BCUT2D eigenvalue weighted by Gasteiger charge is 2.07. The van der Waals surface area contributed by atoms with Crippen LogP contribution in [0, 0.1) is 6.92 Å². The lowest BCUT2D eigenvalue weighted by molar-refractivity contribution is 0.464. The molecule has 0 aliphatic rings. The molecule has 0 saturated heterocycles. The van der Waals surface area contributed by atoms with E-state index in [-0.39, 0.29) is 24.0 Å². The molecule has 1 N–H and O–H groups in total. The molecule has 0 amide bonds. The molecule has 0 radical (unpaired) electrons. The summed E-state index contributed by atoms with van der Waals surface area (Å²) in [5.41, 5.74) is 2.57. The highest BCUT2D eigenvalue weighted by molar-refractivity contribution is 14.0. The Kier molecular flexibility index (Phi) is 9.28. The first-order chi connectivity index (χ1) is 11.1. The maximum absolute atomic E-state index is 4.37. The van der Waals surface area contributed by atoms with Gasteiger partial charge in [0.05, 0.1) is 6.54 Å². The summed E-state index contributed by atoms with van der Waals surface area (Å²) in [6.07, 6.45) is 2.07. The van der Waals surface area contributed by atoms with Gasteiger partial charge in [0.25, 0.3) is 0 Å². The molecule has 2 rings (SSSR count). The largest absolute Gasteiger partial charge is 0.355 e. The van der Waals surface area contributed by atoms with Crippen molar-refractivity contribution in [1.82, 2.24) is 14.8 Å². The minimum atomic E-state index is 0. The van der Waals surface area contributed by atoms with Crippen LogP contribution in [0.2, 0.25) is 0 Å². The van der Waals surface area contributed by atoms with E-state index in [1.54, 1.807) is 0 Å². The smallest absolute Gasteiger partial charge is 0.193 e. The normalized spacial score (nSPS) is 11.1. The van der Waals surface area contributed by atoms with Crippen LogP contribution in [0.1, 0.15) is 11.3 Å². The van der Waals surface area contributed by atoms with E-state index in [1.165, 1.54) is 16.2 Å². The third-order valence-electron chi connectivity index (χ3n) is 3.70. The van der Waals surface area contributed by atoms with E-state index in [9.17, 15) is 0 Å². The van der Waals surface area contributed by atoms with Gasteiger partial charge < -0.3 is 14.8 Å². The van der Waals surface area contributed by atoms with Crippen molar-refractivity contribution in [2.75, 3.05) is 26.4 Å². The number of guanidine groups is 1. The molecule has 0 unspecified atom stereocenters. The lowest BCUT2D eigenvalue weighted by Crippen LogP contribution is -2.39. The van der Waals surface area contributed by atoms with Gasteiger partial charge >= 0.3 is 0 Å². The van der Waals surface area contributed by atoms with Crippen molar-refractivity contribution in [1.29, 1.82) is 0 Å². The molecule has 4 nitrogen and oxygen atoms in total. The second-order valence-corrected chi connectivity index (χ2v) is 6.77. The Hall–Kier alpha value is -1.15. The summed E-state index contributed by atoms with van der Waals surface area (Å²) in [7, 11) is 5.96. The van der Waals surface area contributed by atoms with Crippen molar-refractivity contribution < 1.29 is 0 Å². The third-order valence-corrected chi connectivity index (χ3v) is 4.71. The van der Waals surface area contributed by atoms with E-state index in [0.29, 0.717) is 0 Å². The molecule has 0 bridgehead atoms. The lowest BCUT2D eigenvalue weighted by Gasteiger charge is -2.22. The summed E-state index contributed by atoms with van der Waals surface area (Å²) in [5, 5.41) is 3.43. The minimum Gasteiger partial charge on any atom is -0.355 e. The molecule has 1 aromatic heterocycles. The Morgan fingerprint density at radius 2 is 1.96 bits per heavy atom. The van der Waals surface area contributed by atoms with E-state index in [4.69, 9.17) is 0 Å². The monoisotopic (exact) mass is 458 g/mol. The lowest BCUT2D eigenvalue weighted by atomic mass is 10.2. The zero-order valence-corrected chi connectivity index (χ0v) is 18.0. The number of aliphatic imine (C=N–C) groups is 1. The van der Waals surface area contributed by atoms with Crippen molar-refractivity contribution in [3.8, 4) is 0 Å². The Morgan fingerprint density at radius 1 is 1.25 bits per heavy atom. The van der Waals surface area contributed by atoms with Gasteiger partial charge in [-0.2, -0.15) is 0 Å². The highest BCUT2D eigenvalue weighted by Crippen LogP contribution is 2.17. The molecular formula is C18H27IN4S. The number of rotatable bonds is 6. The van der Waals surface area contributed by atoms with Crippen LogP contribution in [0.25, 0.3) is 0 Å². The second kappa shape index (κ2) is 10.7. The summed E-state index contributed by atoms with van der Waals surface area (Å²) in [6, 6.07) is 12.9. The van der Waals surface area contributed by atoms with Gasteiger partial charge in [0.15, 0.2) is 5.96 Å². The molecule has 1 heterocycles. The number of benzene rings is 1. The van der Waals surface area contributed by atoms with Crippen molar-refractivity contribution in [3.05, 3.63) is 53.9 Å². The van der Waals surface area contributed by atoms with Crippen molar-refractivity contribution in [3.63, 3.8) is 0 Å². The Labute approximate surface area is 166 Å². The Morgan fingerprint density at radius 3 is 2.54 bits per heavy atom. The van der Waals surface area contributed by atoms with Gasteiger partial charge in [0, 0.05) is 50.2 Å². The van der Waals surface area contributed by atoms with Crippen LogP contribution in [-0.4, -0.2) is 41.8 Å². The van der Waals surface area contributed by atoms with Gasteiger partial charge in [0.2, 0.25) is 0 Å². The van der Waals surface area contributed by atoms with Gasteiger partial charge in [-0.3, -0.25) is 4.99 Å². The van der Waals surface area contributed by atoms with Gasteiger partial charge in [-0.1, -0.05) is 17.7 Å². The average molecular weight is 458 g/mol. The highest BCUT2D eigenvalue weighted by atomic mass is 127. The predicted octanol–water partition coefficient (Wildman–Crippen LogP) is 3.75. The number of aryl methyl sites for hydroxylation is 2. The molecule has 0 aliphatic heterocycles. The molecular weight excluding hydrogens is 431 g/mol. The summed E-state index contributed by atoms with van der Waals surface area (Å²) in [6.45, 7) is 3.85. The fraction of sp³-hybridized carbons (Fsp3) is 0.389. The zero-order chi connectivity index (χ0) is 16.7. The molecule has 0 fully saturated rings. The van der Waals surface area contributed by atoms with E-state index < -0.39 is 0 Å². The Bertz CT molecular complexity index is 637. The van der Waals surface area contributed by atoms with Crippen LogP contribution in [0.15, 0.2) is 52.5 Å². The summed E-state index contributed by atoms with van der Waals surface area (Å²) in [5.74, 6) is 1.94. The molecule has 0 aliphatic carbocycles. The van der Waals surface area contributed by atoms with Crippen LogP contribution in [0.3, 0.4) is 0 Å². The quantitative estimate of drug-likeness (QED) is 0.235. The van der Waals surface area contributed by atoms with Crippen LogP contribution in [0.4, 0.5) is 0 Å². The van der Waals surface area contributed by atoms with E-state index in [0.717, 1.165) is 24.8 Å². The van der Waals surface area contributed by atoms with Gasteiger partial charge in [-0.15, -0.1) is 35.7 Å². The number of hydrogen-bond acceptors (Lipinski definition) is 2. The molecule has 1 aromatic carbocycles. The first kappa shape index (κ1) is 20.9. The molecule has 6 heteroatoms. The topological polar surface area (TPSA) is 32.6 Å². The number of thioether (sulfide) groups is 1. The molecule has 0 atom stereocenters. The van der Waals surface area contributed by atoms with Gasteiger partial charge in [-0.25, -0.2) is 0 Å². The number of halogens is 1. The third kappa shape index (κ3) is 6.39. The standard InChI is InChI=1S/C18H26N4S.HI/c1-15-7-9-17(10-8-15)23-13-11-20-18(19-2)22(4)14-16-6-5-12-21(16)3;/h5-10,12H,11,13-14H2,1-4H3,(H,19,20);1H. The molecule has 0 spiro atoms. The first-order valence-electron chi connectivity index (χ1n) is 7.81. The molecule has 132 valence electrons. The van der Waals surface area contributed by atoms with E-state index in [1.807, 2.05) is 18.8 Å². The number of aromatic nitrogens is 1. The maximum Gasteiger partial charge on any atom is 0.193 e. The molecule has 2 aromatic rings. The fourth-order valence-electron chi connectivity index (χ4n) is 2.33. The minimum absolute atomic E-state index is 0. The number of nitrogens with zero attached hydrogens (tertiary/aromatic N) is 3. The first-order valence-corrected chi connectivity index (χ1v) is 8.80. The fourth-order valence-corrected chi connectivity index (χ4v) is 3.10. The van der Waals surface area contributed by atoms with Crippen LogP contribution >= 0.6 is 35.7 Å². The summed E-state index contributed by atoms with van der Waals surface area (Å²) < 4.78 is 2.14. The second-order valence-electron chi connectivity index (χ2n) is 5.60. The van der Waals surface area contributed by atoms with Crippen molar-refractivity contribution >= 4 is 41.7 Å². The summed E-state index contributed by atoms with van der Waals surface area (Å²) >= 11 is 1.86. The van der Waals surface area contributed by atoms with Crippen LogP contribution in [0.5, 0.6) is 0 Å². The van der Waals surface area contributed by atoms with E-state index in [2.05, 4.69) is 83.4 Å². The van der Waals surface area contributed by atoms with Crippen LogP contribution in [-0.2, 0) is 13.6 Å². The summed E-state index contributed by atoms with van der Waals surface area (Å²) in [4.78, 5) is 7.82. The number of nitrogens with one attached hydrogen (secondary N) is 1. The van der Waals surface area contributed by atoms with Gasteiger partial charge in [-0.05, 0) is 31.2 Å². The molecule has 0 saturated carbocycles. The Balaban J connectivity index is 0.00000288. The van der Waals surface area contributed by atoms with E-state index >= 15 is 0 Å². The zero-order valence-electron chi connectivity index (χ0n) is 14.8. The van der Waals surface area contributed by atoms with Crippen molar-refractivity contribution in [2.45, 2.75) is 18.4 Å². The predicted molar refractivity (Wildman–Crippen MR) is 116 cm³/mol.